The van der Waals surface area contributed by atoms with Crippen LogP contribution in [0, 0.1) is 5.41 Å². The van der Waals surface area contributed by atoms with Gasteiger partial charge in [-0.3, -0.25) is 10.6 Å². The molecule has 3 N–H and O–H groups in total. The summed E-state index contributed by atoms with van der Waals surface area (Å²) >= 11 is 0. The lowest BCUT2D eigenvalue weighted by molar-refractivity contribution is -0.138. The van der Waals surface area contributed by atoms with Gasteiger partial charge in [-0.25, -0.2) is 5.06 Å². The Kier molecular flexibility index (Phi) is 2.68. The minimum atomic E-state index is -0.519. The summed E-state index contributed by atoms with van der Waals surface area (Å²) < 4.78 is 5.80. The van der Waals surface area contributed by atoms with Crippen molar-refractivity contribution in [2.45, 2.75) is 24.8 Å². The average molecular weight is 296 g/mol. The number of phenolic OH excluding ortho intramolecular Hbond substituents is 1. The fourth-order valence-corrected chi connectivity index (χ4v) is 3.33. The van der Waals surface area contributed by atoms with Crippen LogP contribution in [0.2, 0.25) is 0 Å². The molecule has 1 spiro atoms. The highest BCUT2D eigenvalue weighted by molar-refractivity contribution is 6.04. The summed E-state index contributed by atoms with van der Waals surface area (Å²) in [5.74, 6) is 0.767. The molecule has 22 heavy (non-hydrogen) atoms. The van der Waals surface area contributed by atoms with Crippen molar-refractivity contribution in [1.29, 1.82) is 5.41 Å². The lowest BCUT2D eigenvalue weighted by Gasteiger charge is -2.43. The van der Waals surface area contributed by atoms with Crippen LogP contribution in [-0.2, 0) is 5.54 Å². The number of aromatic hydroxyl groups is 1. The lowest BCUT2D eigenvalue weighted by Crippen LogP contribution is -2.46. The second kappa shape index (κ2) is 4.48. The summed E-state index contributed by atoms with van der Waals surface area (Å²) in [6.07, 6.45) is 2.61. The molecule has 1 saturated carbocycles. The van der Waals surface area contributed by atoms with Gasteiger partial charge in [0.05, 0.1) is 11.1 Å². The fourth-order valence-electron chi connectivity index (χ4n) is 3.33. The number of nitrogens with zero attached hydrogens (tertiary/aromatic N) is 1. The topological polar surface area (TPSA) is 76.8 Å². The molecule has 1 aliphatic carbocycles. The monoisotopic (exact) mass is 296 g/mol. The molecular weight excluding hydrogens is 280 g/mol. The van der Waals surface area contributed by atoms with Gasteiger partial charge in [-0.05, 0) is 43.0 Å². The third-order valence-electron chi connectivity index (χ3n) is 4.64. The Balaban J connectivity index is 1.86. The van der Waals surface area contributed by atoms with Crippen molar-refractivity contribution in [1.82, 2.24) is 5.06 Å². The molecular formula is C17H16N2O3. The zero-order chi connectivity index (χ0) is 15.3. The molecule has 1 aliphatic heterocycles. The van der Waals surface area contributed by atoms with E-state index in [0.29, 0.717) is 11.3 Å². The Labute approximate surface area is 127 Å². The van der Waals surface area contributed by atoms with Gasteiger partial charge in [0.2, 0.25) is 0 Å². The Morgan fingerprint density at radius 2 is 1.82 bits per heavy atom. The number of hydrogen-bond donors (Lipinski definition) is 3. The number of phenols is 1. The fraction of sp³-hybridized carbons (Fsp3) is 0.235. The third kappa shape index (κ3) is 1.60. The summed E-state index contributed by atoms with van der Waals surface area (Å²) in [7, 11) is 0. The van der Waals surface area contributed by atoms with E-state index in [1.807, 2.05) is 18.2 Å². The zero-order valence-electron chi connectivity index (χ0n) is 11.9. The molecule has 5 nitrogen and oxygen atoms in total. The van der Waals surface area contributed by atoms with Crippen molar-refractivity contribution in [2.75, 3.05) is 0 Å². The van der Waals surface area contributed by atoms with E-state index in [9.17, 15) is 10.3 Å². The van der Waals surface area contributed by atoms with Crippen molar-refractivity contribution in [3.8, 4) is 17.2 Å². The molecule has 0 bridgehead atoms. The van der Waals surface area contributed by atoms with Crippen LogP contribution >= 0.6 is 0 Å². The van der Waals surface area contributed by atoms with Crippen LogP contribution in [0.5, 0.6) is 17.2 Å². The summed E-state index contributed by atoms with van der Waals surface area (Å²) in [4.78, 5) is 0. The minimum Gasteiger partial charge on any atom is -0.504 e. The van der Waals surface area contributed by atoms with Crippen LogP contribution in [0.1, 0.15) is 30.4 Å². The number of hydrogen-bond acceptors (Lipinski definition) is 4. The largest absolute Gasteiger partial charge is 0.504 e. The van der Waals surface area contributed by atoms with Crippen molar-refractivity contribution < 1.29 is 15.1 Å². The maximum absolute atomic E-state index is 10.3. The second-order valence-electron chi connectivity index (χ2n) is 5.80. The van der Waals surface area contributed by atoms with E-state index in [2.05, 4.69) is 0 Å². The van der Waals surface area contributed by atoms with Crippen molar-refractivity contribution in [3.05, 3.63) is 53.6 Å². The molecule has 2 aliphatic rings. The second-order valence-corrected chi connectivity index (χ2v) is 5.80. The van der Waals surface area contributed by atoms with E-state index in [-0.39, 0.29) is 17.3 Å². The maximum atomic E-state index is 10.3. The summed E-state index contributed by atoms with van der Waals surface area (Å²) in [5.41, 5.74) is 0.815. The highest BCUT2D eigenvalue weighted by Gasteiger charge is 2.53. The molecule has 1 fully saturated rings. The number of para-hydroxylation sites is 1. The van der Waals surface area contributed by atoms with E-state index >= 15 is 0 Å². The molecule has 5 heteroatoms. The van der Waals surface area contributed by atoms with Crippen molar-refractivity contribution in [3.63, 3.8) is 0 Å². The van der Waals surface area contributed by atoms with Gasteiger partial charge in [0.1, 0.15) is 5.75 Å². The highest BCUT2D eigenvalue weighted by atomic mass is 16.5. The maximum Gasteiger partial charge on any atom is 0.180 e. The summed E-state index contributed by atoms with van der Waals surface area (Å²) in [5, 5.41) is 29.8. The van der Waals surface area contributed by atoms with Gasteiger partial charge in [-0.2, -0.15) is 0 Å². The Morgan fingerprint density at radius 1 is 1.09 bits per heavy atom. The first-order chi connectivity index (χ1) is 10.6. The molecule has 0 aromatic heterocycles. The molecule has 0 atom stereocenters. The molecule has 4 rings (SSSR count). The Hall–Kier alpha value is -2.53. The molecule has 1 heterocycles. The van der Waals surface area contributed by atoms with Crippen molar-refractivity contribution in [2.24, 2.45) is 0 Å². The first kappa shape index (κ1) is 13.2. The van der Waals surface area contributed by atoms with Crippen LogP contribution in [-0.4, -0.2) is 21.2 Å². The SMILES string of the molecule is N=C1c2c(ccc(O)c2Oc2ccccc2)C2(CCC2)N1O. The van der Waals surface area contributed by atoms with Gasteiger partial charge in [0.25, 0.3) is 0 Å². The van der Waals surface area contributed by atoms with E-state index in [0.717, 1.165) is 29.9 Å². The highest BCUT2D eigenvalue weighted by Crippen LogP contribution is 2.55. The van der Waals surface area contributed by atoms with Gasteiger partial charge in [-0.1, -0.05) is 24.3 Å². The third-order valence-corrected chi connectivity index (χ3v) is 4.64. The number of rotatable bonds is 2. The summed E-state index contributed by atoms with van der Waals surface area (Å²) in [6.45, 7) is 0. The standard InChI is InChI=1S/C17H16N2O3/c18-16-14-12(17(19(16)21)9-4-10-17)7-8-13(20)15(14)22-11-5-2-1-3-6-11/h1-3,5-8,18,20-21H,4,9-10H2. The number of benzene rings is 2. The van der Waals surface area contributed by atoms with Crippen LogP contribution in [0.25, 0.3) is 0 Å². The lowest BCUT2D eigenvalue weighted by atomic mass is 9.72. The molecule has 2 aromatic rings. The molecule has 112 valence electrons. The Morgan fingerprint density at radius 3 is 2.45 bits per heavy atom. The Bertz CT molecular complexity index is 754. The molecule has 0 saturated heterocycles. The zero-order valence-corrected chi connectivity index (χ0v) is 11.9. The van der Waals surface area contributed by atoms with Gasteiger partial charge in [-0.15, -0.1) is 0 Å². The predicted octanol–water partition coefficient (Wildman–Crippen LogP) is 3.59. The van der Waals surface area contributed by atoms with Gasteiger partial charge in [0, 0.05) is 0 Å². The molecule has 0 radical (unpaired) electrons. The van der Waals surface area contributed by atoms with Crippen molar-refractivity contribution >= 4 is 5.84 Å². The predicted molar refractivity (Wildman–Crippen MR) is 80.6 cm³/mol. The quantitative estimate of drug-likeness (QED) is 0.791. The first-order valence-corrected chi connectivity index (χ1v) is 7.31. The molecule has 0 unspecified atom stereocenters. The van der Waals surface area contributed by atoms with E-state index in [1.165, 1.54) is 0 Å². The molecule has 0 amide bonds. The smallest absolute Gasteiger partial charge is 0.180 e. The first-order valence-electron chi connectivity index (χ1n) is 7.31. The number of amidine groups is 1. The van der Waals surface area contributed by atoms with E-state index < -0.39 is 5.54 Å². The van der Waals surface area contributed by atoms with Crippen LogP contribution < -0.4 is 4.74 Å². The van der Waals surface area contributed by atoms with Crippen LogP contribution in [0.3, 0.4) is 0 Å². The van der Waals surface area contributed by atoms with E-state index in [1.54, 1.807) is 24.3 Å². The normalized spacial score (nSPS) is 18.2. The number of ether oxygens (including phenoxy) is 1. The van der Waals surface area contributed by atoms with E-state index in [4.69, 9.17) is 10.1 Å². The average Bonchev–Trinajstić information content (AvgIpc) is 2.72. The summed E-state index contributed by atoms with van der Waals surface area (Å²) in [6, 6.07) is 12.5. The van der Waals surface area contributed by atoms with Gasteiger partial charge >= 0.3 is 0 Å². The number of hydroxylamine groups is 2. The number of nitrogens with one attached hydrogen (secondary N) is 1. The number of fused-ring (bicyclic) bond motifs is 2. The van der Waals surface area contributed by atoms with Crippen LogP contribution in [0.4, 0.5) is 0 Å². The molecule has 2 aromatic carbocycles. The van der Waals surface area contributed by atoms with Gasteiger partial charge in [0.15, 0.2) is 17.3 Å². The van der Waals surface area contributed by atoms with Crippen LogP contribution in [0.15, 0.2) is 42.5 Å². The van der Waals surface area contributed by atoms with Gasteiger partial charge < -0.3 is 9.84 Å². The minimum absolute atomic E-state index is 0.0171.